The second-order valence-electron chi connectivity index (χ2n) is 6.06. The largest absolute Gasteiger partial charge is 0.356 e. The molecule has 1 amide bonds. The van der Waals surface area contributed by atoms with Crippen LogP contribution in [-0.4, -0.2) is 44.0 Å². The fourth-order valence-corrected chi connectivity index (χ4v) is 2.25. The first-order chi connectivity index (χ1) is 12.6. The lowest BCUT2D eigenvalue weighted by atomic mass is 10.1. The van der Waals surface area contributed by atoms with Crippen LogP contribution < -0.4 is 10.6 Å². The molecule has 0 heterocycles. The maximum absolute atomic E-state index is 13.8. The van der Waals surface area contributed by atoms with Gasteiger partial charge in [-0.2, -0.15) is 0 Å². The van der Waals surface area contributed by atoms with Crippen LogP contribution in [0.3, 0.4) is 0 Å². The van der Waals surface area contributed by atoms with Crippen LogP contribution in [0.1, 0.15) is 11.1 Å². The van der Waals surface area contributed by atoms with Crippen LogP contribution in [0.4, 0.5) is 4.39 Å². The Balaban J connectivity index is 1.97. The number of hydrogen-bond acceptors (Lipinski definition) is 2. The number of aliphatic imine (C=N–C) groups is 1. The van der Waals surface area contributed by atoms with Gasteiger partial charge in [0.25, 0.3) is 0 Å². The number of guanidine groups is 1. The highest BCUT2D eigenvalue weighted by atomic mass is 19.1. The Bertz CT molecular complexity index is 732. The van der Waals surface area contributed by atoms with Crippen LogP contribution in [0.5, 0.6) is 0 Å². The van der Waals surface area contributed by atoms with Crippen molar-refractivity contribution in [2.24, 2.45) is 4.99 Å². The lowest BCUT2D eigenvalue weighted by Crippen LogP contribution is -2.43. The molecule has 0 radical (unpaired) electrons. The monoisotopic (exact) mass is 356 g/mol. The predicted octanol–water partition coefficient (Wildman–Crippen LogP) is 2.19. The third kappa shape index (κ3) is 6.55. The number of nitrogens with zero attached hydrogens (tertiary/aromatic N) is 2. The molecule has 0 saturated carbocycles. The zero-order valence-electron chi connectivity index (χ0n) is 15.2. The number of halogens is 1. The maximum Gasteiger partial charge on any atom is 0.241 e. The van der Waals surface area contributed by atoms with E-state index in [2.05, 4.69) is 27.8 Å². The number of carbonyl (C=O) groups excluding carboxylic acids is 1. The molecule has 2 aromatic rings. The molecule has 0 aromatic heterocycles. The molecule has 0 aliphatic heterocycles. The third-order valence-corrected chi connectivity index (χ3v) is 3.82. The molecule has 0 bridgehead atoms. The second kappa shape index (κ2) is 10.2. The first kappa shape index (κ1) is 19.4. The molecule has 0 spiro atoms. The van der Waals surface area contributed by atoms with E-state index in [0.717, 1.165) is 6.42 Å². The summed E-state index contributed by atoms with van der Waals surface area (Å²) in [5, 5.41) is 6.20. The Labute approximate surface area is 153 Å². The zero-order valence-corrected chi connectivity index (χ0v) is 15.2. The molecular formula is C20H25FN4O. The van der Waals surface area contributed by atoms with Gasteiger partial charge >= 0.3 is 0 Å². The molecule has 6 heteroatoms. The minimum Gasteiger partial charge on any atom is -0.356 e. The quantitative estimate of drug-likeness (QED) is 0.591. The van der Waals surface area contributed by atoms with Crippen molar-refractivity contribution in [3.8, 4) is 0 Å². The number of nitrogens with one attached hydrogen (secondary N) is 2. The van der Waals surface area contributed by atoms with Gasteiger partial charge in [-0.05, 0) is 18.1 Å². The minimum atomic E-state index is -0.288. The molecule has 2 aromatic carbocycles. The average molecular weight is 356 g/mol. The van der Waals surface area contributed by atoms with Crippen LogP contribution in [0, 0.1) is 5.82 Å². The second-order valence-corrected chi connectivity index (χ2v) is 6.06. The van der Waals surface area contributed by atoms with Crippen molar-refractivity contribution in [1.29, 1.82) is 0 Å². The highest BCUT2D eigenvalue weighted by molar-refractivity contribution is 5.86. The van der Waals surface area contributed by atoms with Crippen LogP contribution >= 0.6 is 0 Å². The average Bonchev–Trinajstić information content (AvgIpc) is 2.65. The number of hydrogen-bond donors (Lipinski definition) is 2. The number of rotatable bonds is 7. The Morgan fingerprint density at radius 1 is 1.04 bits per heavy atom. The lowest BCUT2D eigenvalue weighted by Gasteiger charge is -2.15. The molecule has 0 aliphatic carbocycles. The van der Waals surface area contributed by atoms with Crippen molar-refractivity contribution >= 4 is 11.9 Å². The Morgan fingerprint density at radius 3 is 2.42 bits per heavy atom. The summed E-state index contributed by atoms with van der Waals surface area (Å²) in [7, 11) is 3.39. The van der Waals surface area contributed by atoms with Gasteiger partial charge in [-0.3, -0.25) is 4.79 Å². The summed E-state index contributed by atoms with van der Waals surface area (Å²) in [6, 6.07) is 16.6. The molecule has 0 saturated heterocycles. The molecule has 2 rings (SSSR count). The van der Waals surface area contributed by atoms with Gasteiger partial charge in [0.2, 0.25) is 5.91 Å². The van der Waals surface area contributed by atoms with Gasteiger partial charge in [0.1, 0.15) is 5.82 Å². The Hall–Kier alpha value is -2.89. The predicted molar refractivity (Wildman–Crippen MR) is 102 cm³/mol. The molecule has 5 nitrogen and oxygen atoms in total. The molecule has 26 heavy (non-hydrogen) atoms. The van der Waals surface area contributed by atoms with E-state index in [-0.39, 0.29) is 24.8 Å². The summed E-state index contributed by atoms with van der Waals surface area (Å²) in [4.78, 5) is 17.7. The summed E-state index contributed by atoms with van der Waals surface area (Å²) >= 11 is 0. The fourth-order valence-electron chi connectivity index (χ4n) is 2.25. The smallest absolute Gasteiger partial charge is 0.241 e. The highest BCUT2D eigenvalue weighted by Crippen LogP contribution is 2.07. The maximum atomic E-state index is 13.8. The molecular weight excluding hydrogens is 331 g/mol. The van der Waals surface area contributed by atoms with Crippen LogP contribution in [0.25, 0.3) is 0 Å². The third-order valence-electron chi connectivity index (χ3n) is 3.82. The molecule has 0 fully saturated rings. The van der Waals surface area contributed by atoms with Crippen LogP contribution in [-0.2, 0) is 17.8 Å². The first-order valence-corrected chi connectivity index (χ1v) is 8.56. The lowest BCUT2D eigenvalue weighted by molar-refractivity contribution is -0.127. The van der Waals surface area contributed by atoms with Crippen LogP contribution in [0.2, 0.25) is 0 Å². The number of carbonyl (C=O) groups is 1. The molecule has 0 aliphatic rings. The summed E-state index contributed by atoms with van der Waals surface area (Å²) in [5.74, 6) is 0.136. The topological polar surface area (TPSA) is 56.7 Å². The van der Waals surface area contributed by atoms with E-state index in [1.807, 2.05) is 18.2 Å². The molecule has 0 atom stereocenters. The van der Waals surface area contributed by atoms with Crippen molar-refractivity contribution in [2.45, 2.75) is 13.0 Å². The summed E-state index contributed by atoms with van der Waals surface area (Å²) in [6.45, 7) is 0.980. The van der Waals surface area contributed by atoms with E-state index in [9.17, 15) is 9.18 Å². The van der Waals surface area contributed by atoms with Crippen molar-refractivity contribution in [3.05, 3.63) is 71.5 Å². The van der Waals surface area contributed by atoms with E-state index >= 15 is 0 Å². The minimum absolute atomic E-state index is 0.0616. The van der Waals surface area contributed by atoms with E-state index in [0.29, 0.717) is 18.1 Å². The molecule has 0 unspecified atom stereocenters. The van der Waals surface area contributed by atoms with Crippen molar-refractivity contribution in [3.63, 3.8) is 0 Å². The van der Waals surface area contributed by atoms with Gasteiger partial charge in [-0.15, -0.1) is 0 Å². The van der Waals surface area contributed by atoms with Crippen molar-refractivity contribution < 1.29 is 9.18 Å². The van der Waals surface area contributed by atoms with Gasteiger partial charge in [0.15, 0.2) is 5.96 Å². The van der Waals surface area contributed by atoms with Crippen molar-refractivity contribution in [2.75, 3.05) is 27.2 Å². The normalized spacial score (nSPS) is 11.1. The summed E-state index contributed by atoms with van der Waals surface area (Å²) in [5.41, 5.74) is 1.72. The van der Waals surface area contributed by atoms with Gasteiger partial charge in [-0.1, -0.05) is 48.5 Å². The van der Waals surface area contributed by atoms with Gasteiger partial charge in [0, 0.05) is 26.2 Å². The SMILES string of the molecule is CN(C)C(=O)CNC(=NCc1ccccc1F)NCCc1ccccc1. The fraction of sp³-hybridized carbons (Fsp3) is 0.300. The van der Waals surface area contributed by atoms with E-state index in [4.69, 9.17) is 0 Å². The van der Waals surface area contributed by atoms with Gasteiger partial charge in [-0.25, -0.2) is 9.38 Å². The van der Waals surface area contributed by atoms with Crippen LogP contribution in [0.15, 0.2) is 59.6 Å². The number of likely N-dealkylation sites (N-methyl/N-ethyl adjacent to an activating group) is 1. The molecule has 138 valence electrons. The van der Waals surface area contributed by atoms with Gasteiger partial charge < -0.3 is 15.5 Å². The zero-order chi connectivity index (χ0) is 18.8. The Morgan fingerprint density at radius 2 is 1.73 bits per heavy atom. The van der Waals surface area contributed by atoms with E-state index in [1.54, 1.807) is 32.3 Å². The Kier molecular flexibility index (Phi) is 7.61. The highest BCUT2D eigenvalue weighted by Gasteiger charge is 2.07. The standard InChI is InChI=1S/C20H25FN4O/c1-25(2)19(26)15-24-20(22-13-12-16-8-4-3-5-9-16)23-14-17-10-6-7-11-18(17)21/h3-11H,12-15H2,1-2H3,(H2,22,23,24). The van der Waals surface area contributed by atoms with Crippen molar-refractivity contribution in [1.82, 2.24) is 15.5 Å². The van der Waals surface area contributed by atoms with Gasteiger partial charge in [0.05, 0.1) is 13.1 Å². The summed E-state index contributed by atoms with van der Waals surface area (Å²) in [6.07, 6.45) is 0.822. The number of amides is 1. The number of benzene rings is 2. The van der Waals surface area contributed by atoms with E-state index in [1.165, 1.54) is 16.5 Å². The molecule has 2 N–H and O–H groups in total. The first-order valence-electron chi connectivity index (χ1n) is 8.56. The van der Waals surface area contributed by atoms with E-state index < -0.39 is 0 Å². The summed E-state index contributed by atoms with van der Waals surface area (Å²) < 4.78 is 13.8.